The first-order valence-corrected chi connectivity index (χ1v) is 10.2. The van der Waals surface area contributed by atoms with Gasteiger partial charge in [-0.3, -0.25) is 4.79 Å². The molecule has 5 nitrogen and oxygen atoms in total. The van der Waals surface area contributed by atoms with Crippen LogP contribution in [0.15, 0.2) is 78.5 Å². The SMILES string of the molecule is O=C(NC1=CCCN(c2ccc(-c3ccccc3F)cc2F)C1=O)Nc1ccc(Cl)cc1. The Bertz CT molecular complexity index is 1210. The van der Waals surface area contributed by atoms with Crippen LogP contribution < -0.4 is 15.5 Å². The van der Waals surface area contributed by atoms with Gasteiger partial charge < -0.3 is 15.5 Å². The lowest BCUT2D eigenvalue weighted by atomic mass is 10.0. The van der Waals surface area contributed by atoms with Gasteiger partial charge in [-0.15, -0.1) is 0 Å². The number of urea groups is 1. The lowest BCUT2D eigenvalue weighted by molar-refractivity contribution is -0.115. The molecule has 0 fully saturated rings. The van der Waals surface area contributed by atoms with Crippen molar-refractivity contribution in [3.05, 3.63) is 95.2 Å². The summed E-state index contributed by atoms with van der Waals surface area (Å²) in [7, 11) is 0. The van der Waals surface area contributed by atoms with Gasteiger partial charge in [0.25, 0.3) is 5.91 Å². The normalized spacial score (nSPS) is 13.5. The van der Waals surface area contributed by atoms with Crippen LogP contribution in [0.1, 0.15) is 6.42 Å². The molecule has 3 amide bonds. The Hall–Kier alpha value is -3.71. The molecule has 8 heteroatoms. The van der Waals surface area contributed by atoms with Crippen molar-refractivity contribution < 1.29 is 18.4 Å². The Morgan fingerprint density at radius 1 is 0.938 bits per heavy atom. The third-order valence-electron chi connectivity index (χ3n) is 4.95. The molecule has 0 aliphatic carbocycles. The van der Waals surface area contributed by atoms with Crippen LogP contribution in [0.3, 0.4) is 0 Å². The predicted octanol–water partition coefficient (Wildman–Crippen LogP) is 5.73. The summed E-state index contributed by atoms with van der Waals surface area (Å²) in [6, 6.07) is 16.1. The summed E-state index contributed by atoms with van der Waals surface area (Å²) in [5, 5.41) is 5.64. The molecule has 2 N–H and O–H groups in total. The molecule has 3 aromatic carbocycles. The molecular weight excluding hydrogens is 436 g/mol. The van der Waals surface area contributed by atoms with E-state index in [4.69, 9.17) is 11.6 Å². The molecule has 0 bridgehead atoms. The zero-order chi connectivity index (χ0) is 22.7. The fraction of sp³-hybridized carbons (Fsp3) is 0.0833. The summed E-state index contributed by atoms with van der Waals surface area (Å²) in [6.45, 7) is 0.249. The lowest BCUT2D eigenvalue weighted by Gasteiger charge is -2.28. The molecule has 0 aromatic heterocycles. The maximum atomic E-state index is 14.9. The van der Waals surface area contributed by atoms with Gasteiger partial charge in [-0.25, -0.2) is 13.6 Å². The van der Waals surface area contributed by atoms with Crippen molar-refractivity contribution in [2.75, 3.05) is 16.8 Å². The number of carbonyl (C=O) groups excluding carboxylic acids is 2. The number of carbonyl (C=O) groups is 2. The van der Waals surface area contributed by atoms with Crippen molar-refractivity contribution in [1.82, 2.24) is 5.32 Å². The second kappa shape index (κ2) is 9.20. The van der Waals surface area contributed by atoms with Gasteiger partial charge in [-0.2, -0.15) is 0 Å². The average molecular weight is 454 g/mol. The largest absolute Gasteiger partial charge is 0.323 e. The number of nitrogens with zero attached hydrogens (tertiary/aromatic N) is 1. The molecule has 0 radical (unpaired) electrons. The molecule has 0 saturated carbocycles. The Balaban J connectivity index is 1.49. The Kier molecular flexibility index (Phi) is 6.18. The summed E-state index contributed by atoms with van der Waals surface area (Å²) < 4.78 is 28.9. The second-order valence-corrected chi connectivity index (χ2v) is 7.53. The molecule has 1 heterocycles. The highest BCUT2D eigenvalue weighted by atomic mass is 35.5. The van der Waals surface area contributed by atoms with Crippen LogP contribution in [0, 0.1) is 11.6 Å². The number of rotatable bonds is 4. The highest BCUT2D eigenvalue weighted by Gasteiger charge is 2.27. The van der Waals surface area contributed by atoms with Crippen molar-refractivity contribution >= 4 is 34.9 Å². The van der Waals surface area contributed by atoms with Crippen molar-refractivity contribution in [1.29, 1.82) is 0 Å². The van der Waals surface area contributed by atoms with Gasteiger partial charge in [0, 0.05) is 22.8 Å². The first-order chi connectivity index (χ1) is 15.4. The van der Waals surface area contributed by atoms with Crippen LogP contribution in [0.4, 0.5) is 25.0 Å². The number of nitrogens with one attached hydrogen (secondary N) is 2. The highest BCUT2D eigenvalue weighted by molar-refractivity contribution is 6.30. The zero-order valence-corrected chi connectivity index (χ0v) is 17.5. The molecule has 0 spiro atoms. The first-order valence-electron chi connectivity index (χ1n) is 9.82. The van der Waals surface area contributed by atoms with Crippen LogP contribution in [-0.4, -0.2) is 18.5 Å². The maximum Gasteiger partial charge on any atom is 0.323 e. The van der Waals surface area contributed by atoms with Crippen molar-refractivity contribution in [2.24, 2.45) is 0 Å². The van der Waals surface area contributed by atoms with E-state index < -0.39 is 23.6 Å². The maximum absolute atomic E-state index is 14.9. The second-order valence-electron chi connectivity index (χ2n) is 7.10. The molecule has 0 saturated heterocycles. The molecular formula is C24H18ClF2N3O2. The van der Waals surface area contributed by atoms with E-state index in [1.54, 1.807) is 54.6 Å². The van der Waals surface area contributed by atoms with Crippen LogP contribution in [0.5, 0.6) is 0 Å². The van der Waals surface area contributed by atoms with Crippen LogP contribution in [0.2, 0.25) is 5.02 Å². The van der Waals surface area contributed by atoms with Gasteiger partial charge in [0.05, 0.1) is 5.69 Å². The number of hydrogen-bond donors (Lipinski definition) is 2. The minimum atomic E-state index is -0.661. The minimum Gasteiger partial charge on any atom is -0.308 e. The molecule has 3 aromatic rings. The van der Waals surface area contributed by atoms with Crippen LogP contribution in [0.25, 0.3) is 11.1 Å². The number of halogens is 3. The molecule has 162 valence electrons. The molecule has 1 aliphatic heterocycles. The van der Waals surface area contributed by atoms with E-state index in [0.717, 1.165) is 0 Å². The van der Waals surface area contributed by atoms with E-state index in [9.17, 15) is 18.4 Å². The van der Waals surface area contributed by atoms with Gasteiger partial charge >= 0.3 is 6.03 Å². The van der Waals surface area contributed by atoms with E-state index in [2.05, 4.69) is 10.6 Å². The third-order valence-corrected chi connectivity index (χ3v) is 5.20. The van der Waals surface area contributed by atoms with Gasteiger partial charge in [0.1, 0.15) is 17.3 Å². The number of amides is 3. The molecule has 4 rings (SSSR count). The topological polar surface area (TPSA) is 61.4 Å². The monoisotopic (exact) mass is 453 g/mol. The fourth-order valence-electron chi connectivity index (χ4n) is 3.41. The number of anilines is 2. The standard InChI is InChI=1S/C24H18ClF2N3O2/c25-16-8-10-17(11-9-16)28-24(32)29-21-6-3-13-30(23(21)31)22-12-7-15(14-20(22)27)18-4-1-2-5-19(18)26/h1-2,4-12,14H,3,13H2,(H2,28,29,32). The average Bonchev–Trinajstić information content (AvgIpc) is 2.77. The first kappa shape index (κ1) is 21.5. The summed E-state index contributed by atoms with van der Waals surface area (Å²) in [5.74, 6) is -1.67. The van der Waals surface area contributed by atoms with E-state index in [-0.39, 0.29) is 23.5 Å². The third kappa shape index (κ3) is 4.63. The smallest absolute Gasteiger partial charge is 0.308 e. The Labute approximate surface area is 188 Å². The van der Waals surface area contributed by atoms with Crippen molar-refractivity contribution in [2.45, 2.75) is 6.42 Å². The Morgan fingerprint density at radius 2 is 1.69 bits per heavy atom. The van der Waals surface area contributed by atoms with E-state index in [0.29, 0.717) is 22.7 Å². The highest BCUT2D eigenvalue weighted by Crippen LogP contribution is 2.30. The summed E-state index contributed by atoms with van der Waals surface area (Å²) in [4.78, 5) is 26.4. The Morgan fingerprint density at radius 3 is 2.41 bits per heavy atom. The van der Waals surface area contributed by atoms with Gasteiger partial charge in [-0.05, 0) is 54.4 Å². The van der Waals surface area contributed by atoms with Crippen molar-refractivity contribution in [3.8, 4) is 11.1 Å². The van der Waals surface area contributed by atoms with Gasteiger partial charge in [0.2, 0.25) is 0 Å². The van der Waals surface area contributed by atoms with E-state index in [1.165, 1.54) is 23.1 Å². The van der Waals surface area contributed by atoms with E-state index >= 15 is 0 Å². The lowest BCUT2D eigenvalue weighted by Crippen LogP contribution is -2.43. The van der Waals surface area contributed by atoms with Crippen LogP contribution >= 0.6 is 11.6 Å². The molecule has 1 aliphatic rings. The molecule has 0 unspecified atom stereocenters. The van der Waals surface area contributed by atoms with E-state index in [1.807, 2.05) is 0 Å². The number of benzene rings is 3. The zero-order valence-electron chi connectivity index (χ0n) is 16.7. The summed E-state index contributed by atoms with van der Waals surface area (Å²) in [6.07, 6.45) is 2.02. The molecule has 0 atom stereocenters. The summed E-state index contributed by atoms with van der Waals surface area (Å²) in [5.41, 5.74) is 1.23. The van der Waals surface area contributed by atoms with Gasteiger partial charge in [-0.1, -0.05) is 41.9 Å². The molecule has 32 heavy (non-hydrogen) atoms. The number of hydrogen-bond acceptors (Lipinski definition) is 2. The predicted molar refractivity (Wildman–Crippen MR) is 120 cm³/mol. The fourth-order valence-corrected chi connectivity index (χ4v) is 3.54. The van der Waals surface area contributed by atoms with Crippen LogP contribution in [-0.2, 0) is 4.79 Å². The quantitative estimate of drug-likeness (QED) is 0.530. The van der Waals surface area contributed by atoms with Gasteiger partial charge in [0.15, 0.2) is 0 Å². The van der Waals surface area contributed by atoms with Crippen molar-refractivity contribution in [3.63, 3.8) is 0 Å². The minimum absolute atomic E-state index is 0.0419. The summed E-state index contributed by atoms with van der Waals surface area (Å²) >= 11 is 5.83.